The molecule has 0 aliphatic rings. The van der Waals surface area contributed by atoms with Crippen LogP contribution in [0.3, 0.4) is 0 Å². The van der Waals surface area contributed by atoms with Gasteiger partial charge in [-0.05, 0) is 35.7 Å². The summed E-state index contributed by atoms with van der Waals surface area (Å²) in [4.78, 5) is 4.96. The Hall–Kier alpha value is -3.85. The standard InChI is InChI=1S/C25H14N2O/c1-2-9-17-15(7-1)18-14-24-19(16-8-3-6-12-23(16)28-24)13-22(18)27-21-11-5-4-10-20(21)26-25(17)27/h1-14H. The van der Waals surface area contributed by atoms with Gasteiger partial charge in [-0.3, -0.25) is 4.40 Å². The highest BCUT2D eigenvalue weighted by molar-refractivity contribution is 6.18. The molecule has 0 amide bonds. The van der Waals surface area contributed by atoms with Crippen molar-refractivity contribution in [2.45, 2.75) is 0 Å². The molecule has 130 valence electrons. The first-order chi connectivity index (χ1) is 13.9. The van der Waals surface area contributed by atoms with Crippen molar-refractivity contribution in [1.82, 2.24) is 9.38 Å². The largest absolute Gasteiger partial charge is 0.456 e. The molecule has 0 N–H and O–H groups in total. The first kappa shape index (κ1) is 14.2. The van der Waals surface area contributed by atoms with Crippen molar-refractivity contribution in [2.75, 3.05) is 0 Å². The smallest absolute Gasteiger partial charge is 0.146 e. The minimum Gasteiger partial charge on any atom is -0.456 e. The summed E-state index contributed by atoms with van der Waals surface area (Å²) in [6, 6.07) is 29.5. The fourth-order valence-electron chi connectivity index (χ4n) is 4.52. The summed E-state index contributed by atoms with van der Waals surface area (Å²) in [5.74, 6) is 0. The lowest BCUT2D eigenvalue weighted by Crippen LogP contribution is -1.91. The first-order valence-electron chi connectivity index (χ1n) is 9.41. The fraction of sp³-hybridized carbons (Fsp3) is 0. The van der Waals surface area contributed by atoms with Gasteiger partial charge in [0.1, 0.15) is 16.8 Å². The Bertz CT molecular complexity index is 1720. The van der Waals surface area contributed by atoms with Crippen LogP contribution in [-0.4, -0.2) is 9.38 Å². The van der Waals surface area contributed by atoms with Crippen LogP contribution in [0.15, 0.2) is 89.3 Å². The van der Waals surface area contributed by atoms with Gasteiger partial charge in [-0.2, -0.15) is 0 Å². The van der Waals surface area contributed by atoms with Gasteiger partial charge in [0.05, 0.1) is 16.6 Å². The average Bonchev–Trinajstić information content (AvgIpc) is 3.31. The summed E-state index contributed by atoms with van der Waals surface area (Å²) < 4.78 is 8.45. The molecule has 0 unspecified atom stereocenters. The molecule has 7 aromatic rings. The van der Waals surface area contributed by atoms with E-state index in [1.54, 1.807) is 0 Å². The Labute approximate surface area is 159 Å². The number of aromatic nitrogens is 2. The molecular formula is C25H14N2O. The topological polar surface area (TPSA) is 30.4 Å². The molecule has 0 atom stereocenters. The summed E-state index contributed by atoms with van der Waals surface area (Å²) in [5.41, 5.74) is 6.13. The number of furan rings is 1. The molecule has 0 fully saturated rings. The molecule has 7 rings (SSSR count). The zero-order valence-electron chi connectivity index (χ0n) is 14.9. The quantitative estimate of drug-likeness (QED) is 0.283. The van der Waals surface area contributed by atoms with Gasteiger partial charge < -0.3 is 4.42 Å². The molecule has 3 aromatic heterocycles. The van der Waals surface area contributed by atoms with E-state index in [1.807, 2.05) is 18.2 Å². The highest BCUT2D eigenvalue weighted by Crippen LogP contribution is 2.37. The van der Waals surface area contributed by atoms with Crippen molar-refractivity contribution in [3.05, 3.63) is 84.9 Å². The lowest BCUT2D eigenvalue weighted by Gasteiger charge is -2.09. The van der Waals surface area contributed by atoms with Crippen LogP contribution in [0.1, 0.15) is 0 Å². The van der Waals surface area contributed by atoms with Crippen LogP contribution in [0.5, 0.6) is 0 Å². The minimum atomic E-state index is 0.919. The van der Waals surface area contributed by atoms with Crippen LogP contribution in [0.25, 0.3) is 60.3 Å². The lowest BCUT2D eigenvalue weighted by molar-refractivity contribution is 0.669. The third-order valence-electron chi connectivity index (χ3n) is 5.75. The Kier molecular flexibility index (Phi) is 2.49. The second-order valence-corrected chi connectivity index (χ2v) is 7.27. The van der Waals surface area contributed by atoms with E-state index in [-0.39, 0.29) is 0 Å². The zero-order chi connectivity index (χ0) is 18.2. The molecule has 0 aliphatic heterocycles. The average molecular weight is 358 g/mol. The van der Waals surface area contributed by atoms with Crippen LogP contribution < -0.4 is 0 Å². The summed E-state index contributed by atoms with van der Waals surface area (Å²) in [6.07, 6.45) is 0. The van der Waals surface area contributed by atoms with Gasteiger partial charge in [0, 0.05) is 21.5 Å². The molecule has 4 aromatic carbocycles. The lowest BCUT2D eigenvalue weighted by atomic mass is 10.0. The van der Waals surface area contributed by atoms with Crippen molar-refractivity contribution >= 4 is 60.3 Å². The maximum absolute atomic E-state index is 6.17. The van der Waals surface area contributed by atoms with Crippen LogP contribution in [0.2, 0.25) is 0 Å². The van der Waals surface area contributed by atoms with Crippen LogP contribution in [-0.2, 0) is 0 Å². The minimum absolute atomic E-state index is 0.919. The molecule has 0 bridgehead atoms. The fourth-order valence-corrected chi connectivity index (χ4v) is 4.52. The third kappa shape index (κ3) is 1.66. The maximum atomic E-state index is 6.17. The molecule has 28 heavy (non-hydrogen) atoms. The molecular weight excluding hydrogens is 344 g/mol. The summed E-state index contributed by atoms with van der Waals surface area (Å²) >= 11 is 0. The van der Waals surface area contributed by atoms with E-state index in [1.165, 1.54) is 10.8 Å². The van der Waals surface area contributed by atoms with E-state index in [2.05, 4.69) is 71.1 Å². The number of benzene rings is 4. The van der Waals surface area contributed by atoms with E-state index in [9.17, 15) is 0 Å². The van der Waals surface area contributed by atoms with E-state index in [0.717, 1.165) is 49.5 Å². The number of para-hydroxylation sites is 3. The monoisotopic (exact) mass is 358 g/mol. The van der Waals surface area contributed by atoms with E-state index >= 15 is 0 Å². The van der Waals surface area contributed by atoms with E-state index in [0.29, 0.717) is 0 Å². The van der Waals surface area contributed by atoms with E-state index < -0.39 is 0 Å². The summed E-state index contributed by atoms with van der Waals surface area (Å²) in [7, 11) is 0. The van der Waals surface area contributed by atoms with Gasteiger partial charge in [0.15, 0.2) is 0 Å². The second-order valence-electron chi connectivity index (χ2n) is 7.27. The Balaban J connectivity index is 1.85. The van der Waals surface area contributed by atoms with Crippen LogP contribution >= 0.6 is 0 Å². The van der Waals surface area contributed by atoms with Gasteiger partial charge >= 0.3 is 0 Å². The number of imidazole rings is 1. The molecule has 0 radical (unpaired) electrons. The summed E-state index contributed by atoms with van der Waals surface area (Å²) in [6.45, 7) is 0. The highest BCUT2D eigenvalue weighted by atomic mass is 16.3. The predicted molar refractivity (Wildman–Crippen MR) is 115 cm³/mol. The maximum Gasteiger partial charge on any atom is 0.146 e. The molecule has 0 saturated heterocycles. The molecule has 0 aliphatic carbocycles. The first-order valence-corrected chi connectivity index (χ1v) is 9.41. The van der Waals surface area contributed by atoms with E-state index in [4.69, 9.17) is 9.40 Å². The SMILES string of the molecule is c1ccc2c(c1)nc1c3ccccc3c3cc4oc5ccccc5c4cc3n21. The molecule has 0 spiro atoms. The number of nitrogens with zero attached hydrogens (tertiary/aromatic N) is 2. The predicted octanol–water partition coefficient (Wildman–Crippen LogP) is 6.69. The second kappa shape index (κ2) is 4.90. The molecule has 3 nitrogen and oxygen atoms in total. The Morgan fingerprint density at radius 2 is 1.32 bits per heavy atom. The van der Waals surface area contributed by atoms with Crippen LogP contribution in [0, 0.1) is 0 Å². The van der Waals surface area contributed by atoms with Crippen molar-refractivity contribution in [3.8, 4) is 0 Å². The van der Waals surface area contributed by atoms with Crippen molar-refractivity contribution in [2.24, 2.45) is 0 Å². The normalized spacial score (nSPS) is 12.3. The van der Waals surface area contributed by atoms with Crippen LogP contribution in [0.4, 0.5) is 0 Å². The number of hydrogen-bond donors (Lipinski definition) is 0. The molecule has 0 saturated carbocycles. The van der Waals surface area contributed by atoms with Gasteiger partial charge in [0.25, 0.3) is 0 Å². The third-order valence-corrected chi connectivity index (χ3v) is 5.75. The highest BCUT2D eigenvalue weighted by Gasteiger charge is 2.16. The number of hydrogen-bond acceptors (Lipinski definition) is 2. The Morgan fingerprint density at radius 3 is 2.25 bits per heavy atom. The zero-order valence-corrected chi connectivity index (χ0v) is 14.9. The van der Waals surface area contributed by atoms with Gasteiger partial charge in [-0.25, -0.2) is 4.98 Å². The Morgan fingerprint density at radius 1 is 0.571 bits per heavy atom. The number of rotatable bonds is 0. The molecule has 3 heterocycles. The van der Waals surface area contributed by atoms with Gasteiger partial charge in [-0.1, -0.05) is 54.6 Å². The van der Waals surface area contributed by atoms with Gasteiger partial charge in [-0.15, -0.1) is 0 Å². The van der Waals surface area contributed by atoms with Crippen molar-refractivity contribution in [1.29, 1.82) is 0 Å². The van der Waals surface area contributed by atoms with Gasteiger partial charge in [0.2, 0.25) is 0 Å². The number of pyridine rings is 1. The van der Waals surface area contributed by atoms with Crippen molar-refractivity contribution in [3.63, 3.8) is 0 Å². The summed E-state index contributed by atoms with van der Waals surface area (Å²) in [5, 5.41) is 5.81. The van der Waals surface area contributed by atoms with Crippen molar-refractivity contribution < 1.29 is 4.42 Å². The molecule has 3 heteroatoms. The number of fused-ring (bicyclic) bond motifs is 11.